The first-order valence-corrected chi connectivity index (χ1v) is 4.65. The maximum Gasteiger partial charge on any atom is 0.155 e. The molecule has 0 unspecified atom stereocenters. The van der Waals surface area contributed by atoms with E-state index in [1.54, 1.807) is 24.1 Å². The molecule has 80 valence electrons. The molecule has 3 heteroatoms. The highest BCUT2D eigenvalue weighted by Gasteiger charge is 2.10. The minimum absolute atomic E-state index is 0.0984. The van der Waals surface area contributed by atoms with Crippen LogP contribution in [-0.4, -0.2) is 19.9 Å². The van der Waals surface area contributed by atoms with E-state index >= 15 is 0 Å². The third-order valence-corrected chi connectivity index (χ3v) is 2.07. The Hall–Kier alpha value is -1.64. The Bertz CT molecular complexity index is 387. The van der Waals surface area contributed by atoms with Crippen molar-refractivity contribution in [2.75, 3.05) is 18.5 Å². The van der Waals surface area contributed by atoms with Gasteiger partial charge in [-0.1, -0.05) is 18.2 Å². The number of carbonyl (C=O) groups is 1. The molecule has 0 atom stereocenters. The summed E-state index contributed by atoms with van der Waals surface area (Å²) < 4.78 is 13.3. The number of hydrogen-bond donors (Lipinski definition) is 0. The van der Waals surface area contributed by atoms with E-state index in [9.17, 15) is 9.18 Å². The van der Waals surface area contributed by atoms with Crippen LogP contribution in [0.2, 0.25) is 0 Å². The lowest BCUT2D eigenvalue weighted by molar-refractivity contribution is 0.112. The number of aldehydes is 1. The van der Waals surface area contributed by atoms with Gasteiger partial charge in [0.15, 0.2) is 6.29 Å². The Balaban J connectivity index is 3.07. The molecule has 0 heterocycles. The standard InChI is InChI=1S/C12H14FNO/c1-9(2)7-14(3)12-6-4-5-11(13)10(12)8-15/h4-6,8H,1,7H2,2-3H3. The Kier molecular flexibility index (Phi) is 3.61. The molecule has 0 aliphatic heterocycles. The molecule has 15 heavy (non-hydrogen) atoms. The summed E-state index contributed by atoms with van der Waals surface area (Å²) in [5.41, 5.74) is 1.65. The predicted octanol–water partition coefficient (Wildman–Crippen LogP) is 2.65. The minimum Gasteiger partial charge on any atom is -0.370 e. The van der Waals surface area contributed by atoms with Crippen molar-refractivity contribution in [1.29, 1.82) is 0 Å². The van der Waals surface area contributed by atoms with Crippen LogP contribution in [0.25, 0.3) is 0 Å². The van der Waals surface area contributed by atoms with Crippen molar-refractivity contribution >= 4 is 12.0 Å². The molecule has 0 aliphatic rings. The summed E-state index contributed by atoms with van der Waals surface area (Å²) in [7, 11) is 1.80. The van der Waals surface area contributed by atoms with Gasteiger partial charge in [-0.05, 0) is 19.1 Å². The molecular formula is C12H14FNO. The van der Waals surface area contributed by atoms with E-state index in [0.717, 1.165) is 5.57 Å². The number of carbonyl (C=O) groups excluding carboxylic acids is 1. The second-order valence-electron chi connectivity index (χ2n) is 3.60. The molecule has 0 aliphatic carbocycles. The maximum atomic E-state index is 13.3. The molecule has 0 saturated heterocycles. The lowest BCUT2D eigenvalue weighted by Gasteiger charge is -2.21. The zero-order valence-corrected chi connectivity index (χ0v) is 8.96. The summed E-state index contributed by atoms with van der Waals surface area (Å²) in [5.74, 6) is -0.490. The number of rotatable bonds is 4. The zero-order valence-electron chi connectivity index (χ0n) is 8.96. The van der Waals surface area contributed by atoms with Gasteiger partial charge in [-0.25, -0.2) is 4.39 Å². The Morgan fingerprint density at radius 2 is 2.27 bits per heavy atom. The summed E-state index contributed by atoms with van der Waals surface area (Å²) in [5, 5.41) is 0. The van der Waals surface area contributed by atoms with Crippen molar-refractivity contribution in [2.45, 2.75) is 6.92 Å². The highest BCUT2D eigenvalue weighted by molar-refractivity contribution is 5.84. The summed E-state index contributed by atoms with van der Waals surface area (Å²) >= 11 is 0. The molecule has 0 saturated carbocycles. The highest BCUT2D eigenvalue weighted by atomic mass is 19.1. The van der Waals surface area contributed by atoms with E-state index in [1.165, 1.54) is 6.07 Å². The van der Waals surface area contributed by atoms with E-state index in [0.29, 0.717) is 18.5 Å². The largest absolute Gasteiger partial charge is 0.370 e. The smallest absolute Gasteiger partial charge is 0.155 e. The van der Waals surface area contributed by atoms with Crippen molar-refractivity contribution < 1.29 is 9.18 Å². The highest BCUT2D eigenvalue weighted by Crippen LogP contribution is 2.20. The quantitative estimate of drug-likeness (QED) is 0.558. The number of nitrogens with zero attached hydrogens (tertiary/aromatic N) is 1. The molecule has 0 aromatic heterocycles. The normalized spacial score (nSPS) is 9.80. The molecular weight excluding hydrogens is 193 g/mol. The van der Waals surface area contributed by atoms with E-state index in [4.69, 9.17) is 0 Å². The van der Waals surface area contributed by atoms with Crippen molar-refractivity contribution in [3.63, 3.8) is 0 Å². The molecule has 0 radical (unpaired) electrons. The molecule has 0 spiro atoms. The Morgan fingerprint density at radius 3 is 2.80 bits per heavy atom. The Labute approximate surface area is 89.0 Å². The average Bonchev–Trinajstić information content (AvgIpc) is 2.16. The van der Waals surface area contributed by atoms with Gasteiger partial charge in [-0.3, -0.25) is 4.79 Å². The first-order valence-electron chi connectivity index (χ1n) is 4.65. The van der Waals surface area contributed by atoms with Crippen molar-refractivity contribution in [2.24, 2.45) is 0 Å². The van der Waals surface area contributed by atoms with Gasteiger partial charge in [-0.15, -0.1) is 0 Å². The van der Waals surface area contributed by atoms with Gasteiger partial charge in [-0.2, -0.15) is 0 Å². The molecule has 0 fully saturated rings. The van der Waals surface area contributed by atoms with Gasteiger partial charge >= 0.3 is 0 Å². The lowest BCUT2D eigenvalue weighted by Crippen LogP contribution is -2.20. The monoisotopic (exact) mass is 207 g/mol. The maximum absolute atomic E-state index is 13.3. The van der Waals surface area contributed by atoms with E-state index in [-0.39, 0.29) is 5.56 Å². The first-order chi connectivity index (χ1) is 7.06. The summed E-state index contributed by atoms with van der Waals surface area (Å²) in [6.07, 6.45) is 0.541. The number of halogens is 1. The molecule has 1 rings (SSSR count). The van der Waals surface area contributed by atoms with E-state index < -0.39 is 5.82 Å². The Morgan fingerprint density at radius 1 is 1.60 bits per heavy atom. The minimum atomic E-state index is -0.490. The van der Waals surface area contributed by atoms with Crippen LogP contribution in [0.3, 0.4) is 0 Å². The summed E-state index contributed by atoms with van der Waals surface area (Å²) in [6, 6.07) is 4.59. The van der Waals surface area contributed by atoms with Gasteiger partial charge in [0.2, 0.25) is 0 Å². The second-order valence-corrected chi connectivity index (χ2v) is 3.60. The fraction of sp³-hybridized carbons (Fsp3) is 0.250. The van der Waals surface area contributed by atoms with Crippen LogP contribution in [-0.2, 0) is 0 Å². The molecule has 0 N–H and O–H groups in total. The van der Waals surface area contributed by atoms with Crippen LogP contribution in [0.15, 0.2) is 30.4 Å². The molecule has 0 bridgehead atoms. The summed E-state index contributed by atoms with van der Waals surface area (Å²) in [4.78, 5) is 12.6. The third-order valence-electron chi connectivity index (χ3n) is 2.07. The van der Waals surface area contributed by atoms with Crippen LogP contribution in [0.1, 0.15) is 17.3 Å². The van der Waals surface area contributed by atoms with Crippen LogP contribution in [0.5, 0.6) is 0 Å². The van der Waals surface area contributed by atoms with Crippen molar-refractivity contribution in [1.82, 2.24) is 0 Å². The lowest BCUT2D eigenvalue weighted by atomic mass is 10.1. The number of benzene rings is 1. The number of likely N-dealkylation sites (N-methyl/N-ethyl adjacent to an activating group) is 1. The van der Waals surface area contributed by atoms with E-state index in [2.05, 4.69) is 6.58 Å². The number of anilines is 1. The van der Waals surface area contributed by atoms with Crippen molar-refractivity contribution in [3.8, 4) is 0 Å². The van der Waals surface area contributed by atoms with Gasteiger partial charge in [0.05, 0.1) is 11.3 Å². The van der Waals surface area contributed by atoms with Crippen LogP contribution in [0.4, 0.5) is 10.1 Å². The zero-order chi connectivity index (χ0) is 11.4. The molecule has 1 aromatic carbocycles. The number of hydrogen-bond acceptors (Lipinski definition) is 2. The topological polar surface area (TPSA) is 20.3 Å². The third kappa shape index (κ3) is 2.65. The van der Waals surface area contributed by atoms with Crippen molar-refractivity contribution in [3.05, 3.63) is 41.7 Å². The van der Waals surface area contributed by atoms with Crippen LogP contribution < -0.4 is 4.90 Å². The fourth-order valence-electron chi connectivity index (χ4n) is 1.47. The second kappa shape index (κ2) is 4.73. The van der Waals surface area contributed by atoms with Gasteiger partial charge < -0.3 is 4.90 Å². The fourth-order valence-corrected chi connectivity index (χ4v) is 1.47. The molecule has 0 amide bonds. The van der Waals surface area contributed by atoms with Gasteiger partial charge in [0, 0.05) is 13.6 Å². The summed E-state index contributed by atoms with van der Waals surface area (Å²) in [6.45, 7) is 6.26. The molecule has 2 nitrogen and oxygen atoms in total. The predicted molar refractivity (Wildman–Crippen MR) is 59.9 cm³/mol. The van der Waals surface area contributed by atoms with Gasteiger partial charge in [0.1, 0.15) is 5.82 Å². The van der Waals surface area contributed by atoms with Crippen LogP contribution >= 0.6 is 0 Å². The van der Waals surface area contributed by atoms with Gasteiger partial charge in [0.25, 0.3) is 0 Å². The SMILES string of the molecule is C=C(C)CN(C)c1cccc(F)c1C=O. The molecule has 1 aromatic rings. The van der Waals surface area contributed by atoms with Crippen LogP contribution in [0, 0.1) is 5.82 Å². The average molecular weight is 207 g/mol. The first kappa shape index (κ1) is 11.4. The van der Waals surface area contributed by atoms with E-state index in [1.807, 2.05) is 6.92 Å².